The lowest BCUT2D eigenvalue weighted by atomic mass is 9.97. The van der Waals surface area contributed by atoms with Crippen molar-refractivity contribution in [3.8, 4) is 5.75 Å². The zero-order valence-corrected chi connectivity index (χ0v) is 31.6. The number of hydroxylamine groups is 1. The molecular weight excluding hydrogens is 722 g/mol. The predicted molar refractivity (Wildman–Crippen MR) is 181 cm³/mol. The molecule has 5 atom stereocenters. The number of hydrogen-bond donors (Lipinski definition) is 4. The molecular formula is C34H49N3O17. The quantitative estimate of drug-likeness (QED) is 0.0721. The van der Waals surface area contributed by atoms with Gasteiger partial charge in [-0.3, -0.25) is 28.8 Å². The van der Waals surface area contributed by atoms with Crippen LogP contribution in [0.15, 0.2) is 18.2 Å². The van der Waals surface area contributed by atoms with Crippen LogP contribution in [0.5, 0.6) is 5.75 Å². The highest BCUT2D eigenvalue weighted by Crippen LogP contribution is 2.32. The molecule has 0 aromatic heterocycles. The number of amides is 3. The molecule has 0 radical (unpaired) electrons. The summed E-state index contributed by atoms with van der Waals surface area (Å²) >= 11 is 0. The van der Waals surface area contributed by atoms with Gasteiger partial charge in [0.15, 0.2) is 23.9 Å². The molecule has 1 aromatic rings. The first-order valence-electron chi connectivity index (χ1n) is 16.7. The number of aliphatic hydroxyl groups is 1. The van der Waals surface area contributed by atoms with Gasteiger partial charge >= 0.3 is 30.0 Å². The van der Waals surface area contributed by atoms with Crippen LogP contribution in [0.3, 0.4) is 0 Å². The molecule has 1 aromatic carbocycles. The fourth-order valence-corrected chi connectivity index (χ4v) is 4.65. The molecule has 2 rings (SSSR count). The van der Waals surface area contributed by atoms with E-state index in [2.05, 4.69) is 16.1 Å². The third-order valence-electron chi connectivity index (χ3n) is 6.95. The zero-order chi connectivity index (χ0) is 40.8. The van der Waals surface area contributed by atoms with Crippen molar-refractivity contribution in [1.82, 2.24) is 16.1 Å². The van der Waals surface area contributed by atoms with Gasteiger partial charge < -0.3 is 53.6 Å². The zero-order valence-electron chi connectivity index (χ0n) is 31.6. The van der Waals surface area contributed by atoms with Gasteiger partial charge in [0.25, 0.3) is 11.8 Å². The van der Waals surface area contributed by atoms with E-state index in [1.807, 2.05) is 0 Å². The third kappa shape index (κ3) is 14.4. The van der Waals surface area contributed by atoms with Crippen molar-refractivity contribution in [1.29, 1.82) is 0 Å². The Hall–Kier alpha value is -5.05. The summed E-state index contributed by atoms with van der Waals surface area (Å²) in [5.74, 6) is -5.12. The number of carbonyl (C=O) groups excluding carboxylic acids is 7. The van der Waals surface area contributed by atoms with Gasteiger partial charge in [0.05, 0.1) is 32.5 Å². The molecule has 1 aliphatic heterocycles. The normalized spacial score (nSPS) is 19.7. The molecule has 0 saturated carbocycles. The average molecular weight is 772 g/mol. The van der Waals surface area contributed by atoms with E-state index in [1.54, 1.807) is 20.8 Å². The van der Waals surface area contributed by atoms with Crippen molar-refractivity contribution < 1.29 is 81.4 Å². The van der Waals surface area contributed by atoms with Crippen LogP contribution in [0.4, 0.5) is 4.79 Å². The van der Waals surface area contributed by atoms with Crippen LogP contribution in [0.2, 0.25) is 0 Å². The highest BCUT2D eigenvalue weighted by atomic mass is 16.7. The minimum absolute atomic E-state index is 0.000255. The number of esters is 4. The Morgan fingerprint density at radius 1 is 0.815 bits per heavy atom. The number of carbonyl (C=O) groups is 7. The van der Waals surface area contributed by atoms with Gasteiger partial charge in [-0.1, -0.05) is 6.07 Å². The van der Waals surface area contributed by atoms with Crippen LogP contribution < -0.4 is 20.9 Å². The van der Waals surface area contributed by atoms with E-state index in [-0.39, 0.29) is 37.6 Å². The van der Waals surface area contributed by atoms with E-state index >= 15 is 0 Å². The summed E-state index contributed by atoms with van der Waals surface area (Å²) in [6.07, 6.45) is -9.21. The standard InChI is InChI=1S/C34H49N3O17/c1-18(39)48-24-25(49-19(2)40)27(50-20(3)41)30(52-26(24)29(43)46-9)51-23-11-10-21(17-38)16-22(23)28(42)35-12-14-47-15-13-36-31(44)34(7,8)54-37-32(45)53-33(4,5)6/h10-11,16,24-27,30,38H,12-15,17H2,1-9H3,(H,35,42)(H,36,44)(H,37,45)/t24-,25-,26-,27+,30+/m0/s1. The lowest BCUT2D eigenvalue weighted by Gasteiger charge is -2.43. The molecule has 20 heteroatoms. The molecule has 54 heavy (non-hydrogen) atoms. The maximum atomic E-state index is 13.3. The van der Waals surface area contributed by atoms with E-state index in [1.165, 1.54) is 32.0 Å². The molecule has 4 N–H and O–H groups in total. The summed E-state index contributed by atoms with van der Waals surface area (Å²) in [5.41, 5.74) is 0.0617. The van der Waals surface area contributed by atoms with Crippen LogP contribution in [-0.2, 0) is 68.6 Å². The summed E-state index contributed by atoms with van der Waals surface area (Å²) in [5, 5.41) is 15.0. The summed E-state index contributed by atoms with van der Waals surface area (Å²) < 4.78 is 43.1. The second kappa shape index (κ2) is 20.4. The fraction of sp³-hybridized carbons (Fsp3) is 0.618. The van der Waals surface area contributed by atoms with Crippen LogP contribution >= 0.6 is 0 Å². The summed E-state index contributed by atoms with van der Waals surface area (Å²) in [6, 6.07) is 4.06. The van der Waals surface area contributed by atoms with Crippen LogP contribution in [0.25, 0.3) is 0 Å². The van der Waals surface area contributed by atoms with Gasteiger partial charge in [-0.2, -0.15) is 5.48 Å². The van der Waals surface area contributed by atoms with Crippen molar-refractivity contribution in [2.75, 3.05) is 33.4 Å². The summed E-state index contributed by atoms with van der Waals surface area (Å²) in [6.45, 7) is 10.6. The first kappa shape index (κ1) is 45.1. The van der Waals surface area contributed by atoms with Crippen LogP contribution in [0, 0.1) is 0 Å². The molecule has 0 unspecified atom stereocenters. The maximum absolute atomic E-state index is 13.3. The van der Waals surface area contributed by atoms with Gasteiger partial charge in [-0.25, -0.2) is 9.59 Å². The molecule has 0 spiro atoms. The van der Waals surface area contributed by atoms with E-state index in [9.17, 15) is 38.7 Å². The molecule has 1 fully saturated rings. The van der Waals surface area contributed by atoms with Gasteiger partial charge in [-0.15, -0.1) is 0 Å². The van der Waals surface area contributed by atoms with E-state index in [0.29, 0.717) is 5.56 Å². The number of benzene rings is 1. The Balaban J connectivity index is 2.12. The number of ether oxygens (including phenoxy) is 8. The van der Waals surface area contributed by atoms with Gasteiger partial charge in [0.1, 0.15) is 11.4 Å². The second-order valence-electron chi connectivity index (χ2n) is 13.1. The number of rotatable bonds is 17. The van der Waals surface area contributed by atoms with Crippen molar-refractivity contribution in [3.63, 3.8) is 0 Å². The Kier molecular flexibility index (Phi) is 17.1. The predicted octanol–water partition coefficient (Wildman–Crippen LogP) is 0.348. The maximum Gasteiger partial charge on any atom is 0.431 e. The third-order valence-corrected chi connectivity index (χ3v) is 6.95. The SMILES string of the molecule is COC(=O)[C@H]1O[C@@H](Oc2ccc(CO)cc2C(=O)NCCOCCNC(=O)C(C)(C)ONC(=O)OC(C)(C)C)[C@H](OC(C)=O)[C@@H](OC(C)=O)[C@@H]1OC(C)=O. The second-order valence-corrected chi connectivity index (χ2v) is 13.1. The van der Waals surface area contributed by atoms with E-state index in [0.717, 1.165) is 27.9 Å². The Labute approximate surface area is 311 Å². The molecule has 1 saturated heterocycles. The Bertz CT molecular complexity index is 1510. The molecule has 302 valence electrons. The van der Waals surface area contributed by atoms with Crippen molar-refractivity contribution in [3.05, 3.63) is 29.3 Å². The first-order chi connectivity index (χ1) is 25.2. The van der Waals surface area contributed by atoms with Crippen LogP contribution in [-0.4, -0.2) is 122 Å². The van der Waals surface area contributed by atoms with Gasteiger partial charge in [0, 0.05) is 33.9 Å². The largest absolute Gasteiger partial charge is 0.467 e. The molecule has 3 amide bonds. The van der Waals surface area contributed by atoms with Gasteiger partial charge in [-0.05, 0) is 52.3 Å². The van der Waals surface area contributed by atoms with Crippen LogP contribution in [0.1, 0.15) is 71.3 Å². The fourth-order valence-electron chi connectivity index (χ4n) is 4.65. The first-order valence-corrected chi connectivity index (χ1v) is 16.7. The van der Waals surface area contributed by atoms with Crippen molar-refractivity contribution in [2.24, 2.45) is 0 Å². The number of aliphatic hydroxyl groups excluding tert-OH is 1. The smallest absolute Gasteiger partial charge is 0.431 e. The summed E-state index contributed by atoms with van der Waals surface area (Å²) in [4.78, 5) is 91.8. The minimum Gasteiger partial charge on any atom is -0.467 e. The highest BCUT2D eigenvalue weighted by Gasteiger charge is 2.56. The Morgan fingerprint density at radius 3 is 1.94 bits per heavy atom. The van der Waals surface area contributed by atoms with Gasteiger partial charge in [0.2, 0.25) is 12.4 Å². The highest BCUT2D eigenvalue weighted by molar-refractivity contribution is 5.97. The van der Waals surface area contributed by atoms with E-state index in [4.69, 9.17) is 42.7 Å². The molecule has 0 aliphatic carbocycles. The lowest BCUT2D eigenvalue weighted by Crippen LogP contribution is -2.64. The topological polar surface area (TPSA) is 259 Å². The lowest BCUT2D eigenvalue weighted by molar-refractivity contribution is -0.282. The monoisotopic (exact) mass is 771 g/mol. The number of nitrogens with one attached hydrogen (secondary N) is 3. The summed E-state index contributed by atoms with van der Waals surface area (Å²) in [7, 11) is 1.03. The minimum atomic E-state index is -1.73. The van der Waals surface area contributed by atoms with E-state index < -0.39 is 90.3 Å². The van der Waals surface area contributed by atoms with Crippen molar-refractivity contribution in [2.45, 2.75) is 104 Å². The number of hydrogen-bond acceptors (Lipinski definition) is 17. The molecule has 20 nitrogen and oxygen atoms in total. The molecule has 0 bridgehead atoms. The van der Waals surface area contributed by atoms with Crippen molar-refractivity contribution >= 4 is 41.8 Å². The average Bonchev–Trinajstić information content (AvgIpc) is 3.07. The number of methoxy groups -OCH3 is 1. The molecule has 1 heterocycles. The Morgan fingerprint density at radius 2 is 1.39 bits per heavy atom. The molecule has 1 aliphatic rings.